The van der Waals surface area contributed by atoms with Gasteiger partial charge in [0.15, 0.2) is 5.17 Å². The van der Waals surface area contributed by atoms with Gasteiger partial charge in [-0.15, -0.1) is 5.10 Å². The Labute approximate surface area is 186 Å². The van der Waals surface area contributed by atoms with E-state index in [2.05, 4.69) is 35.3 Å². The number of nitrogens with zero attached hydrogens (tertiary/aromatic N) is 3. The summed E-state index contributed by atoms with van der Waals surface area (Å²) in [5.41, 5.74) is 2.03. The second-order valence-corrected chi connectivity index (χ2v) is 8.53. The fraction of sp³-hybridized carbons (Fsp3) is 0.240. The zero-order valence-corrected chi connectivity index (χ0v) is 18.5. The molecule has 4 rings (SSSR count). The van der Waals surface area contributed by atoms with Crippen molar-refractivity contribution in [3.05, 3.63) is 77.9 Å². The van der Waals surface area contributed by atoms with Gasteiger partial charge >= 0.3 is 0 Å². The van der Waals surface area contributed by atoms with Crippen molar-refractivity contribution in [2.24, 2.45) is 10.2 Å². The van der Waals surface area contributed by atoms with Crippen LogP contribution in [0.25, 0.3) is 10.8 Å². The molecule has 1 heterocycles. The summed E-state index contributed by atoms with van der Waals surface area (Å²) < 4.78 is 5.23. The Hall–Kier alpha value is -3.12. The van der Waals surface area contributed by atoms with Crippen molar-refractivity contribution in [2.45, 2.75) is 31.6 Å². The number of rotatable bonds is 7. The van der Waals surface area contributed by atoms with Crippen LogP contribution in [0.1, 0.15) is 30.9 Å². The lowest BCUT2D eigenvalue weighted by Crippen LogP contribution is -2.31. The Morgan fingerprint density at radius 2 is 1.84 bits per heavy atom. The summed E-state index contributed by atoms with van der Waals surface area (Å²) in [6.45, 7) is 2.56. The maximum Gasteiger partial charge on any atom is 0.242 e. The van der Waals surface area contributed by atoms with Gasteiger partial charge in [-0.05, 0) is 34.9 Å². The van der Waals surface area contributed by atoms with Gasteiger partial charge in [-0.2, -0.15) is 5.10 Å². The third-order valence-electron chi connectivity index (χ3n) is 5.23. The molecule has 6 heteroatoms. The SMILES string of the molecule is CCCC1S/C(=N\N=C\c2cccc3ccccc23)N(Cc2ccc(OC)cc2)C1=O. The van der Waals surface area contributed by atoms with E-state index >= 15 is 0 Å². The molecule has 1 saturated heterocycles. The molecule has 1 unspecified atom stereocenters. The fourth-order valence-corrected chi connectivity index (χ4v) is 4.81. The van der Waals surface area contributed by atoms with Gasteiger partial charge in [-0.1, -0.05) is 79.7 Å². The first-order valence-electron chi connectivity index (χ1n) is 10.4. The minimum Gasteiger partial charge on any atom is -0.497 e. The molecule has 1 aliphatic heterocycles. The van der Waals surface area contributed by atoms with E-state index in [9.17, 15) is 4.79 Å². The van der Waals surface area contributed by atoms with E-state index < -0.39 is 0 Å². The van der Waals surface area contributed by atoms with E-state index in [1.165, 1.54) is 11.8 Å². The number of hydrogen-bond donors (Lipinski definition) is 0. The molecule has 5 nitrogen and oxygen atoms in total. The summed E-state index contributed by atoms with van der Waals surface area (Å²) in [6, 6.07) is 22.1. The van der Waals surface area contributed by atoms with E-state index in [1.54, 1.807) is 18.2 Å². The van der Waals surface area contributed by atoms with Crippen LogP contribution in [0.3, 0.4) is 0 Å². The van der Waals surface area contributed by atoms with Crippen LogP contribution in [0.4, 0.5) is 0 Å². The van der Waals surface area contributed by atoms with E-state index in [1.807, 2.05) is 48.5 Å². The second kappa shape index (κ2) is 9.79. The summed E-state index contributed by atoms with van der Waals surface area (Å²) in [6.07, 6.45) is 3.54. The molecular weight excluding hydrogens is 406 g/mol. The van der Waals surface area contributed by atoms with Gasteiger partial charge in [0.1, 0.15) is 5.75 Å². The zero-order valence-electron chi connectivity index (χ0n) is 17.7. The lowest BCUT2D eigenvalue weighted by Gasteiger charge is -2.16. The highest BCUT2D eigenvalue weighted by molar-refractivity contribution is 8.15. The largest absolute Gasteiger partial charge is 0.497 e. The van der Waals surface area contributed by atoms with Crippen molar-refractivity contribution in [1.29, 1.82) is 0 Å². The highest BCUT2D eigenvalue weighted by atomic mass is 32.2. The molecule has 31 heavy (non-hydrogen) atoms. The van der Waals surface area contributed by atoms with Crippen LogP contribution in [0.5, 0.6) is 5.75 Å². The first-order valence-corrected chi connectivity index (χ1v) is 11.3. The molecule has 1 fully saturated rings. The molecule has 0 aromatic heterocycles. The smallest absolute Gasteiger partial charge is 0.242 e. The van der Waals surface area contributed by atoms with Crippen LogP contribution in [-0.4, -0.2) is 34.5 Å². The molecule has 0 radical (unpaired) electrons. The highest BCUT2D eigenvalue weighted by Crippen LogP contribution is 2.32. The van der Waals surface area contributed by atoms with E-state index in [-0.39, 0.29) is 11.2 Å². The van der Waals surface area contributed by atoms with Gasteiger partial charge in [0.25, 0.3) is 0 Å². The predicted molar refractivity (Wildman–Crippen MR) is 129 cm³/mol. The Bertz CT molecular complexity index is 1120. The summed E-state index contributed by atoms with van der Waals surface area (Å²) in [7, 11) is 1.64. The normalized spacial score (nSPS) is 17.9. The lowest BCUT2D eigenvalue weighted by atomic mass is 10.1. The molecule has 1 aliphatic rings. The Balaban J connectivity index is 1.58. The Kier molecular flexibility index (Phi) is 6.67. The molecule has 158 valence electrons. The fourth-order valence-electron chi connectivity index (χ4n) is 3.59. The third-order valence-corrected chi connectivity index (χ3v) is 6.47. The van der Waals surface area contributed by atoms with Crippen LogP contribution in [0.15, 0.2) is 76.9 Å². The Morgan fingerprint density at radius 1 is 1.06 bits per heavy atom. The quantitative estimate of drug-likeness (QED) is 0.368. The van der Waals surface area contributed by atoms with Crippen molar-refractivity contribution in [1.82, 2.24) is 4.90 Å². The first-order chi connectivity index (χ1) is 15.2. The van der Waals surface area contributed by atoms with Gasteiger partial charge in [-0.3, -0.25) is 9.69 Å². The molecule has 0 aliphatic carbocycles. The van der Waals surface area contributed by atoms with E-state index in [0.29, 0.717) is 11.7 Å². The van der Waals surface area contributed by atoms with Crippen molar-refractivity contribution >= 4 is 39.8 Å². The summed E-state index contributed by atoms with van der Waals surface area (Å²) in [5, 5.41) is 11.6. The summed E-state index contributed by atoms with van der Waals surface area (Å²) >= 11 is 1.51. The second-order valence-electron chi connectivity index (χ2n) is 7.36. The van der Waals surface area contributed by atoms with Crippen LogP contribution in [0.2, 0.25) is 0 Å². The number of carbonyl (C=O) groups is 1. The van der Waals surface area contributed by atoms with Crippen LogP contribution < -0.4 is 4.74 Å². The number of methoxy groups -OCH3 is 1. The minimum absolute atomic E-state index is 0.0989. The average Bonchev–Trinajstić information content (AvgIpc) is 3.09. The summed E-state index contributed by atoms with van der Waals surface area (Å²) in [5.74, 6) is 0.894. The van der Waals surface area contributed by atoms with Crippen molar-refractivity contribution in [2.75, 3.05) is 7.11 Å². The van der Waals surface area contributed by atoms with Gasteiger partial charge in [0.05, 0.1) is 25.1 Å². The van der Waals surface area contributed by atoms with Crippen LogP contribution in [-0.2, 0) is 11.3 Å². The van der Waals surface area contributed by atoms with Crippen molar-refractivity contribution in [3.8, 4) is 5.75 Å². The number of ether oxygens (including phenoxy) is 1. The number of amides is 1. The van der Waals surface area contributed by atoms with E-state index in [4.69, 9.17) is 4.74 Å². The standard InChI is InChI=1S/C25H25N3O2S/c1-3-7-23-24(29)28(17-18-12-14-21(30-2)15-13-18)25(31-23)27-26-16-20-10-6-9-19-8-4-5-11-22(19)20/h4-6,8-16,23H,3,7,17H2,1-2H3/b26-16+,27-25-. The highest BCUT2D eigenvalue weighted by Gasteiger charge is 2.37. The van der Waals surface area contributed by atoms with Crippen molar-refractivity contribution in [3.63, 3.8) is 0 Å². The molecular formula is C25H25N3O2S. The van der Waals surface area contributed by atoms with Crippen LogP contribution >= 0.6 is 11.8 Å². The van der Waals surface area contributed by atoms with Gasteiger partial charge in [0, 0.05) is 5.56 Å². The number of fused-ring (bicyclic) bond motifs is 1. The topological polar surface area (TPSA) is 54.3 Å². The number of hydrogen-bond acceptors (Lipinski definition) is 5. The van der Waals surface area contributed by atoms with Gasteiger partial charge < -0.3 is 4.74 Å². The zero-order chi connectivity index (χ0) is 21.6. The Morgan fingerprint density at radius 3 is 2.61 bits per heavy atom. The van der Waals surface area contributed by atoms with Gasteiger partial charge in [0.2, 0.25) is 5.91 Å². The molecule has 1 amide bonds. The maximum atomic E-state index is 13.0. The predicted octanol–water partition coefficient (Wildman–Crippen LogP) is 5.48. The third kappa shape index (κ3) is 4.80. The molecule has 0 N–H and O–H groups in total. The first kappa shape index (κ1) is 21.1. The molecule has 3 aromatic carbocycles. The van der Waals surface area contributed by atoms with Crippen LogP contribution in [0, 0.1) is 0 Å². The van der Waals surface area contributed by atoms with Gasteiger partial charge in [-0.25, -0.2) is 0 Å². The average molecular weight is 432 g/mol. The number of amidine groups is 1. The minimum atomic E-state index is -0.102. The van der Waals surface area contributed by atoms with E-state index in [0.717, 1.165) is 40.5 Å². The number of benzene rings is 3. The van der Waals surface area contributed by atoms with Crippen molar-refractivity contribution < 1.29 is 9.53 Å². The molecule has 1 atom stereocenters. The molecule has 0 saturated carbocycles. The number of carbonyl (C=O) groups excluding carboxylic acids is 1. The molecule has 3 aromatic rings. The molecule has 0 bridgehead atoms. The lowest BCUT2D eigenvalue weighted by molar-refractivity contribution is -0.126. The summed E-state index contributed by atoms with van der Waals surface area (Å²) in [4.78, 5) is 14.7. The monoisotopic (exact) mass is 431 g/mol. The maximum absolute atomic E-state index is 13.0. The molecule has 0 spiro atoms. The number of thioether (sulfide) groups is 1.